The number of hydrogen-bond acceptors (Lipinski definition) is 7. The molecule has 0 aliphatic carbocycles. The van der Waals surface area contributed by atoms with E-state index in [0.717, 1.165) is 18.6 Å². The lowest BCUT2D eigenvalue weighted by Crippen LogP contribution is -2.12. The van der Waals surface area contributed by atoms with Gasteiger partial charge in [-0.1, -0.05) is 26.2 Å². The van der Waals surface area contributed by atoms with Crippen LogP contribution in [-0.4, -0.2) is 36.0 Å². The first-order valence-electron chi connectivity index (χ1n) is 11.4. The third kappa shape index (κ3) is 6.71. The highest BCUT2D eigenvalue weighted by atomic mass is 16.6. The topological polar surface area (TPSA) is 95.7 Å². The molecule has 0 spiro atoms. The van der Waals surface area contributed by atoms with Gasteiger partial charge in [-0.25, -0.2) is 4.63 Å². The number of anilines is 1. The maximum Gasteiger partial charge on any atom is 0.256 e. The van der Waals surface area contributed by atoms with Gasteiger partial charge in [-0.05, 0) is 73.0 Å². The molecular weight excluding hydrogens is 422 g/mol. The Morgan fingerprint density at radius 2 is 1.64 bits per heavy atom. The highest BCUT2D eigenvalue weighted by Gasteiger charge is 2.18. The first kappa shape index (κ1) is 24.1. The Bertz CT molecular complexity index is 1020. The van der Waals surface area contributed by atoms with E-state index in [1.807, 2.05) is 19.9 Å². The molecule has 3 rings (SSSR count). The van der Waals surface area contributed by atoms with Gasteiger partial charge in [0.15, 0.2) is 17.2 Å². The molecule has 33 heavy (non-hydrogen) atoms. The number of rotatable bonds is 13. The van der Waals surface area contributed by atoms with Crippen LogP contribution in [0.4, 0.5) is 5.82 Å². The third-order valence-electron chi connectivity index (χ3n) is 4.92. The number of ether oxygens (including phenoxy) is 3. The van der Waals surface area contributed by atoms with Gasteiger partial charge < -0.3 is 19.5 Å². The Labute approximate surface area is 194 Å². The molecule has 176 valence electrons. The summed E-state index contributed by atoms with van der Waals surface area (Å²) >= 11 is 0. The molecule has 8 nitrogen and oxygen atoms in total. The highest BCUT2D eigenvalue weighted by molar-refractivity contribution is 6.05. The standard InChI is InChI=1S/C25H31N3O5/c1-4-7-8-9-16-32-20-13-10-18(11-14-20)25(29)26-24-23(27-33-28-24)19-12-15-21(30-5-2)22(17-19)31-6-3/h10-15,17H,4-9,16H2,1-3H3,(H,26,28,29). The highest BCUT2D eigenvalue weighted by Crippen LogP contribution is 2.34. The second kappa shape index (κ2) is 12.5. The van der Waals surface area contributed by atoms with Crippen molar-refractivity contribution in [3.05, 3.63) is 48.0 Å². The number of nitrogens with one attached hydrogen (secondary N) is 1. The van der Waals surface area contributed by atoms with Gasteiger partial charge in [0.1, 0.15) is 5.75 Å². The van der Waals surface area contributed by atoms with Gasteiger partial charge in [0.2, 0.25) is 5.82 Å². The van der Waals surface area contributed by atoms with Gasteiger partial charge in [0, 0.05) is 11.1 Å². The predicted octanol–water partition coefficient (Wildman–Crippen LogP) is 5.75. The molecule has 1 aromatic heterocycles. The molecule has 2 aromatic carbocycles. The summed E-state index contributed by atoms with van der Waals surface area (Å²) in [4.78, 5) is 12.7. The summed E-state index contributed by atoms with van der Waals surface area (Å²) in [6.07, 6.45) is 4.59. The van der Waals surface area contributed by atoms with E-state index in [-0.39, 0.29) is 11.7 Å². The number of carbonyl (C=O) groups is 1. The van der Waals surface area contributed by atoms with E-state index < -0.39 is 0 Å². The minimum absolute atomic E-state index is 0.225. The van der Waals surface area contributed by atoms with Crippen LogP contribution in [0.5, 0.6) is 17.2 Å². The van der Waals surface area contributed by atoms with E-state index in [0.29, 0.717) is 48.1 Å². The summed E-state index contributed by atoms with van der Waals surface area (Å²) in [6, 6.07) is 12.4. The average molecular weight is 454 g/mol. The summed E-state index contributed by atoms with van der Waals surface area (Å²) in [5.41, 5.74) is 1.56. The van der Waals surface area contributed by atoms with Crippen LogP contribution in [-0.2, 0) is 0 Å². The molecule has 1 heterocycles. The van der Waals surface area contributed by atoms with Crippen molar-refractivity contribution < 1.29 is 23.6 Å². The fourth-order valence-corrected chi connectivity index (χ4v) is 3.26. The molecule has 0 unspecified atom stereocenters. The van der Waals surface area contributed by atoms with E-state index >= 15 is 0 Å². The summed E-state index contributed by atoms with van der Waals surface area (Å²) in [5.74, 6) is 1.87. The predicted molar refractivity (Wildman–Crippen MR) is 126 cm³/mol. The van der Waals surface area contributed by atoms with Crippen LogP contribution in [0.25, 0.3) is 11.3 Å². The largest absolute Gasteiger partial charge is 0.494 e. The lowest BCUT2D eigenvalue weighted by Gasteiger charge is -2.12. The van der Waals surface area contributed by atoms with Crippen LogP contribution >= 0.6 is 0 Å². The van der Waals surface area contributed by atoms with Crippen LogP contribution in [0, 0.1) is 0 Å². The van der Waals surface area contributed by atoms with Crippen molar-refractivity contribution in [3.63, 3.8) is 0 Å². The van der Waals surface area contributed by atoms with E-state index in [1.54, 1.807) is 36.4 Å². The Balaban J connectivity index is 1.66. The first-order chi connectivity index (χ1) is 16.2. The number of hydrogen-bond donors (Lipinski definition) is 1. The molecule has 0 radical (unpaired) electrons. The zero-order valence-corrected chi connectivity index (χ0v) is 19.4. The fourth-order valence-electron chi connectivity index (χ4n) is 3.26. The monoisotopic (exact) mass is 453 g/mol. The smallest absolute Gasteiger partial charge is 0.256 e. The molecular formula is C25H31N3O5. The summed E-state index contributed by atoms with van der Waals surface area (Å²) < 4.78 is 21.9. The van der Waals surface area contributed by atoms with E-state index in [4.69, 9.17) is 18.8 Å². The molecule has 1 amide bonds. The quantitative estimate of drug-likeness (QED) is 0.329. The maximum atomic E-state index is 12.7. The summed E-state index contributed by atoms with van der Waals surface area (Å²) in [6.45, 7) is 7.67. The van der Waals surface area contributed by atoms with Crippen LogP contribution in [0.1, 0.15) is 56.8 Å². The van der Waals surface area contributed by atoms with Crippen molar-refractivity contribution in [2.75, 3.05) is 25.1 Å². The number of aromatic nitrogens is 2. The third-order valence-corrected chi connectivity index (χ3v) is 4.92. The molecule has 0 bridgehead atoms. The lowest BCUT2D eigenvalue weighted by molar-refractivity contribution is 0.102. The summed E-state index contributed by atoms with van der Waals surface area (Å²) in [5, 5.41) is 10.6. The minimum atomic E-state index is -0.322. The fraction of sp³-hybridized carbons (Fsp3) is 0.400. The van der Waals surface area contributed by atoms with Gasteiger partial charge in [-0.15, -0.1) is 0 Å². The van der Waals surface area contributed by atoms with Crippen LogP contribution in [0.2, 0.25) is 0 Å². The Morgan fingerprint density at radius 1 is 0.879 bits per heavy atom. The normalized spacial score (nSPS) is 10.6. The van der Waals surface area contributed by atoms with Gasteiger partial charge >= 0.3 is 0 Å². The van der Waals surface area contributed by atoms with Crippen LogP contribution in [0.15, 0.2) is 47.1 Å². The van der Waals surface area contributed by atoms with Crippen molar-refractivity contribution in [2.45, 2.75) is 46.5 Å². The van der Waals surface area contributed by atoms with E-state index in [1.165, 1.54) is 12.8 Å². The second-order valence-corrected chi connectivity index (χ2v) is 7.38. The zero-order chi connectivity index (χ0) is 23.5. The molecule has 0 fully saturated rings. The Kier molecular flexibility index (Phi) is 9.11. The van der Waals surface area contributed by atoms with Gasteiger partial charge in [0.25, 0.3) is 5.91 Å². The molecule has 0 aliphatic heterocycles. The molecule has 8 heteroatoms. The molecule has 0 saturated carbocycles. The SMILES string of the molecule is CCCCCCOc1ccc(C(=O)Nc2nonc2-c2ccc(OCC)c(OCC)c2)cc1. The molecule has 0 saturated heterocycles. The molecule has 0 atom stereocenters. The van der Waals surface area contributed by atoms with Crippen molar-refractivity contribution in [1.29, 1.82) is 0 Å². The van der Waals surface area contributed by atoms with Gasteiger partial charge in [0.05, 0.1) is 19.8 Å². The second-order valence-electron chi connectivity index (χ2n) is 7.38. The number of unbranched alkanes of at least 4 members (excludes halogenated alkanes) is 3. The number of carbonyl (C=O) groups excluding carboxylic acids is 1. The minimum Gasteiger partial charge on any atom is -0.494 e. The van der Waals surface area contributed by atoms with Crippen molar-refractivity contribution >= 4 is 11.7 Å². The molecule has 0 aliphatic rings. The van der Waals surface area contributed by atoms with E-state index in [9.17, 15) is 4.79 Å². The average Bonchev–Trinajstić information content (AvgIpc) is 3.29. The van der Waals surface area contributed by atoms with Crippen LogP contribution in [0.3, 0.4) is 0 Å². The summed E-state index contributed by atoms with van der Waals surface area (Å²) in [7, 11) is 0. The van der Waals surface area contributed by atoms with Crippen molar-refractivity contribution in [1.82, 2.24) is 10.3 Å². The van der Waals surface area contributed by atoms with Gasteiger partial charge in [-0.2, -0.15) is 0 Å². The number of amides is 1. The van der Waals surface area contributed by atoms with Crippen molar-refractivity contribution in [2.24, 2.45) is 0 Å². The lowest BCUT2D eigenvalue weighted by atomic mass is 10.1. The van der Waals surface area contributed by atoms with Gasteiger partial charge in [-0.3, -0.25) is 4.79 Å². The number of nitrogens with zero attached hydrogens (tertiary/aromatic N) is 2. The number of benzene rings is 2. The van der Waals surface area contributed by atoms with E-state index in [2.05, 4.69) is 22.6 Å². The van der Waals surface area contributed by atoms with Crippen molar-refractivity contribution in [3.8, 4) is 28.5 Å². The first-order valence-corrected chi connectivity index (χ1v) is 11.4. The Hall–Kier alpha value is -3.55. The molecule has 1 N–H and O–H groups in total. The maximum absolute atomic E-state index is 12.7. The Morgan fingerprint density at radius 3 is 2.36 bits per heavy atom. The zero-order valence-electron chi connectivity index (χ0n) is 19.4. The van der Waals surface area contributed by atoms with Crippen LogP contribution < -0.4 is 19.5 Å². The molecule has 3 aromatic rings.